The van der Waals surface area contributed by atoms with Gasteiger partial charge in [0.2, 0.25) is 5.43 Å². The lowest BCUT2D eigenvalue weighted by atomic mass is 9.95. The van der Waals surface area contributed by atoms with Gasteiger partial charge in [-0.05, 0) is 50.3 Å². The van der Waals surface area contributed by atoms with Crippen LogP contribution in [0.25, 0.3) is 0 Å². The van der Waals surface area contributed by atoms with E-state index in [1.165, 1.54) is 0 Å². The molecule has 1 saturated heterocycles. The van der Waals surface area contributed by atoms with Crippen molar-refractivity contribution in [1.82, 2.24) is 19.8 Å². The fourth-order valence-corrected chi connectivity index (χ4v) is 4.33. The fraction of sp³-hybridized carbons (Fsp3) is 0.333. The highest BCUT2D eigenvalue weighted by Crippen LogP contribution is 2.31. The highest BCUT2D eigenvalue weighted by Gasteiger charge is 2.31. The number of carbonyl (C=O) groups excluding carboxylic acids is 2. The molecule has 3 aromatic rings. The second-order valence-corrected chi connectivity index (χ2v) is 8.92. The van der Waals surface area contributed by atoms with Crippen molar-refractivity contribution in [2.24, 2.45) is 0 Å². The van der Waals surface area contributed by atoms with E-state index in [9.17, 15) is 14.4 Å². The molecular formula is C27H30N4O3. The Balaban J connectivity index is 1.66. The van der Waals surface area contributed by atoms with E-state index in [4.69, 9.17) is 0 Å². The first-order chi connectivity index (χ1) is 16.5. The molecule has 176 valence electrons. The number of benzene rings is 1. The van der Waals surface area contributed by atoms with Crippen molar-refractivity contribution >= 4 is 11.8 Å². The van der Waals surface area contributed by atoms with E-state index in [2.05, 4.69) is 10.3 Å². The highest BCUT2D eigenvalue weighted by molar-refractivity contribution is 5.99. The molecule has 1 aromatic carbocycles. The van der Waals surface area contributed by atoms with E-state index in [1.54, 1.807) is 34.3 Å². The van der Waals surface area contributed by atoms with E-state index < -0.39 is 11.3 Å². The first-order valence-corrected chi connectivity index (χ1v) is 11.7. The Kier molecular flexibility index (Phi) is 7.21. The van der Waals surface area contributed by atoms with Gasteiger partial charge < -0.3 is 14.8 Å². The molecule has 4 rings (SSSR count). The monoisotopic (exact) mass is 458 g/mol. The minimum absolute atomic E-state index is 0.0228. The van der Waals surface area contributed by atoms with Crippen LogP contribution in [0.2, 0.25) is 0 Å². The highest BCUT2D eigenvalue weighted by atomic mass is 16.2. The Morgan fingerprint density at radius 2 is 1.82 bits per heavy atom. The fourth-order valence-electron chi connectivity index (χ4n) is 4.33. The summed E-state index contributed by atoms with van der Waals surface area (Å²) in [5, 5.41) is 2.82. The van der Waals surface area contributed by atoms with Gasteiger partial charge in [0, 0.05) is 43.9 Å². The van der Waals surface area contributed by atoms with E-state index in [-0.39, 0.29) is 29.1 Å². The number of hydrogen-bond acceptors (Lipinski definition) is 4. The maximum atomic E-state index is 13.7. The molecule has 1 aliphatic rings. The van der Waals surface area contributed by atoms with Crippen LogP contribution < -0.4 is 10.7 Å². The van der Waals surface area contributed by atoms with Crippen molar-refractivity contribution < 1.29 is 9.59 Å². The number of carbonyl (C=O) groups is 2. The van der Waals surface area contributed by atoms with Gasteiger partial charge in [-0.3, -0.25) is 19.4 Å². The summed E-state index contributed by atoms with van der Waals surface area (Å²) in [6.45, 7) is 4.76. The van der Waals surface area contributed by atoms with Gasteiger partial charge in [-0.1, -0.05) is 36.4 Å². The van der Waals surface area contributed by atoms with Gasteiger partial charge in [0.05, 0.1) is 6.04 Å². The van der Waals surface area contributed by atoms with Crippen molar-refractivity contribution in [3.8, 4) is 0 Å². The summed E-state index contributed by atoms with van der Waals surface area (Å²) in [7, 11) is 0. The van der Waals surface area contributed by atoms with E-state index >= 15 is 0 Å². The number of pyridine rings is 2. The average Bonchev–Trinajstić information content (AvgIpc) is 2.88. The molecule has 1 N–H and O–H groups in total. The van der Waals surface area contributed by atoms with Crippen LogP contribution in [0.4, 0.5) is 0 Å². The molecule has 0 bridgehead atoms. The van der Waals surface area contributed by atoms with Gasteiger partial charge in [-0.25, -0.2) is 0 Å². The van der Waals surface area contributed by atoms with Crippen molar-refractivity contribution in [3.05, 3.63) is 99.7 Å². The Labute approximate surface area is 199 Å². The SMILES string of the molecule is CC(C)n1cc(C(=O)NCc2ccccc2)c(=O)c(C(=O)N2CCCCC2c2cccnc2)c1. The van der Waals surface area contributed by atoms with Gasteiger partial charge in [0.1, 0.15) is 11.1 Å². The molecule has 1 aliphatic heterocycles. The Bertz CT molecular complexity index is 1210. The van der Waals surface area contributed by atoms with Crippen LogP contribution in [0.5, 0.6) is 0 Å². The van der Waals surface area contributed by atoms with Gasteiger partial charge >= 0.3 is 0 Å². The van der Waals surface area contributed by atoms with Crippen molar-refractivity contribution in [2.75, 3.05) is 6.54 Å². The summed E-state index contributed by atoms with van der Waals surface area (Å²) in [5.74, 6) is -0.828. The molecule has 34 heavy (non-hydrogen) atoms. The lowest BCUT2D eigenvalue weighted by molar-refractivity contribution is 0.0608. The second-order valence-electron chi connectivity index (χ2n) is 8.92. The van der Waals surface area contributed by atoms with Gasteiger partial charge in [0.15, 0.2) is 0 Å². The normalized spacial score (nSPS) is 15.9. The van der Waals surface area contributed by atoms with Gasteiger partial charge in [0.25, 0.3) is 11.8 Å². The molecule has 0 saturated carbocycles. The zero-order valence-electron chi connectivity index (χ0n) is 19.6. The number of aromatic nitrogens is 2. The van der Waals surface area contributed by atoms with Crippen LogP contribution in [-0.4, -0.2) is 32.8 Å². The van der Waals surface area contributed by atoms with Gasteiger partial charge in [-0.2, -0.15) is 0 Å². The third-order valence-corrected chi connectivity index (χ3v) is 6.25. The molecule has 2 aromatic heterocycles. The molecule has 7 heteroatoms. The molecule has 3 heterocycles. The van der Waals surface area contributed by atoms with Crippen LogP contribution in [-0.2, 0) is 6.54 Å². The largest absolute Gasteiger partial charge is 0.350 e. The summed E-state index contributed by atoms with van der Waals surface area (Å²) in [5.41, 5.74) is 1.35. The average molecular weight is 459 g/mol. The lowest BCUT2D eigenvalue weighted by Gasteiger charge is -2.36. The summed E-state index contributed by atoms with van der Waals surface area (Å²) in [4.78, 5) is 46.0. The molecular weight excluding hydrogens is 428 g/mol. The molecule has 0 radical (unpaired) electrons. The number of nitrogens with one attached hydrogen (secondary N) is 1. The number of piperidine rings is 1. The Morgan fingerprint density at radius 3 is 2.53 bits per heavy atom. The summed E-state index contributed by atoms with van der Waals surface area (Å²) in [6, 6.07) is 13.2. The maximum Gasteiger partial charge on any atom is 0.259 e. The minimum atomic E-state index is -0.539. The zero-order valence-corrected chi connectivity index (χ0v) is 19.6. The molecule has 1 atom stereocenters. The standard InChI is InChI=1S/C27H30N4O3/c1-19(2)30-17-22(26(33)29-15-20-9-4-3-5-10-20)25(32)23(18-30)27(34)31-14-7-6-12-24(31)21-11-8-13-28-16-21/h3-5,8-11,13,16-19,24H,6-7,12,14-15H2,1-2H3,(H,29,33). The Morgan fingerprint density at radius 1 is 1.06 bits per heavy atom. The van der Waals surface area contributed by atoms with Crippen molar-refractivity contribution in [1.29, 1.82) is 0 Å². The summed E-state index contributed by atoms with van der Waals surface area (Å²) >= 11 is 0. The predicted octanol–water partition coefficient (Wildman–Crippen LogP) is 4.12. The number of nitrogens with zero attached hydrogens (tertiary/aromatic N) is 3. The quantitative estimate of drug-likeness (QED) is 0.602. The number of likely N-dealkylation sites (tertiary alicyclic amines) is 1. The summed E-state index contributed by atoms with van der Waals surface area (Å²) in [6.07, 6.45) is 9.29. The third-order valence-electron chi connectivity index (χ3n) is 6.25. The molecule has 1 unspecified atom stereocenters. The lowest BCUT2D eigenvalue weighted by Crippen LogP contribution is -2.42. The Hall–Kier alpha value is -3.74. The molecule has 7 nitrogen and oxygen atoms in total. The van der Waals surface area contributed by atoms with Crippen LogP contribution in [0.15, 0.2) is 72.0 Å². The maximum absolute atomic E-state index is 13.7. The molecule has 0 aliphatic carbocycles. The zero-order chi connectivity index (χ0) is 24.1. The summed E-state index contributed by atoms with van der Waals surface area (Å²) < 4.78 is 1.76. The van der Waals surface area contributed by atoms with E-state index in [0.717, 1.165) is 30.4 Å². The number of amides is 2. The third kappa shape index (κ3) is 5.09. The van der Waals surface area contributed by atoms with E-state index in [0.29, 0.717) is 13.1 Å². The smallest absolute Gasteiger partial charge is 0.259 e. The molecule has 2 amide bonds. The van der Waals surface area contributed by atoms with Gasteiger partial charge in [-0.15, -0.1) is 0 Å². The van der Waals surface area contributed by atoms with Crippen LogP contribution in [0.3, 0.4) is 0 Å². The van der Waals surface area contributed by atoms with Crippen molar-refractivity contribution in [3.63, 3.8) is 0 Å². The topological polar surface area (TPSA) is 84.3 Å². The van der Waals surface area contributed by atoms with Crippen LogP contribution in [0.1, 0.15) is 77.0 Å². The number of rotatable bonds is 6. The second kappa shape index (κ2) is 10.5. The van der Waals surface area contributed by atoms with Crippen molar-refractivity contribution in [2.45, 2.75) is 51.7 Å². The minimum Gasteiger partial charge on any atom is -0.350 e. The first kappa shape index (κ1) is 23.4. The van der Waals surface area contributed by atoms with E-state index in [1.807, 2.05) is 56.3 Å². The van der Waals surface area contributed by atoms with Crippen LogP contribution in [0, 0.1) is 0 Å². The molecule has 1 fully saturated rings. The molecule has 0 spiro atoms. The predicted molar refractivity (Wildman–Crippen MR) is 131 cm³/mol. The van der Waals surface area contributed by atoms with Crippen LogP contribution >= 0.6 is 0 Å². The first-order valence-electron chi connectivity index (χ1n) is 11.7. The number of hydrogen-bond donors (Lipinski definition) is 1.